The minimum atomic E-state index is 0.233. The molecule has 0 aromatic carbocycles. The largest absolute Gasteiger partial charge is 0.353 e. The molecule has 0 radical (unpaired) electrons. The zero-order valence-corrected chi connectivity index (χ0v) is 10.2. The maximum absolute atomic E-state index is 11.8. The first-order chi connectivity index (χ1) is 8.24. The number of nitrogens with one attached hydrogen (secondary N) is 1. The summed E-state index contributed by atoms with van der Waals surface area (Å²) >= 11 is 0. The molecule has 0 unspecified atom stereocenters. The van der Waals surface area contributed by atoms with E-state index in [1.165, 1.54) is 0 Å². The monoisotopic (exact) mass is 236 g/mol. The van der Waals surface area contributed by atoms with Crippen LogP contribution in [0.3, 0.4) is 0 Å². The number of likely N-dealkylation sites (tertiary alicyclic amines) is 1. The van der Waals surface area contributed by atoms with Crippen molar-refractivity contribution in [3.8, 4) is 0 Å². The highest BCUT2D eigenvalue weighted by Gasteiger charge is 2.36. The molecule has 1 heterocycles. The summed E-state index contributed by atoms with van der Waals surface area (Å²) in [6.45, 7) is 1.65. The number of hydrogen-bond acceptors (Lipinski definition) is 2. The number of carbonyl (C=O) groups is 2. The van der Waals surface area contributed by atoms with Crippen LogP contribution in [0.5, 0.6) is 0 Å². The molecule has 1 saturated heterocycles. The van der Waals surface area contributed by atoms with Crippen molar-refractivity contribution in [2.75, 3.05) is 13.1 Å². The average Bonchev–Trinajstić information content (AvgIpc) is 3.20. The summed E-state index contributed by atoms with van der Waals surface area (Å²) in [7, 11) is 0. The summed E-state index contributed by atoms with van der Waals surface area (Å²) < 4.78 is 0. The summed E-state index contributed by atoms with van der Waals surface area (Å²) in [6, 6.07) is 0.298. The molecule has 0 bridgehead atoms. The third kappa shape index (κ3) is 2.61. The SMILES string of the molecule is O=C(NC1CCN(C(=O)C2CC2)CC1)C1CC1. The van der Waals surface area contributed by atoms with Gasteiger partial charge < -0.3 is 10.2 Å². The van der Waals surface area contributed by atoms with Crippen LogP contribution in [0.4, 0.5) is 0 Å². The molecule has 2 amide bonds. The van der Waals surface area contributed by atoms with Gasteiger partial charge in [0, 0.05) is 31.0 Å². The second-order valence-electron chi connectivity index (χ2n) is 5.66. The lowest BCUT2D eigenvalue weighted by Crippen LogP contribution is -2.47. The zero-order chi connectivity index (χ0) is 11.8. The lowest BCUT2D eigenvalue weighted by molar-refractivity contribution is -0.133. The van der Waals surface area contributed by atoms with Crippen molar-refractivity contribution in [2.45, 2.75) is 44.6 Å². The van der Waals surface area contributed by atoms with Crippen LogP contribution in [-0.2, 0) is 9.59 Å². The molecule has 1 N–H and O–H groups in total. The maximum Gasteiger partial charge on any atom is 0.225 e. The van der Waals surface area contributed by atoms with Gasteiger partial charge in [-0.15, -0.1) is 0 Å². The molecular weight excluding hydrogens is 216 g/mol. The van der Waals surface area contributed by atoms with Gasteiger partial charge in [0.15, 0.2) is 0 Å². The second-order valence-corrected chi connectivity index (χ2v) is 5.66. The highest BCUT2D eigenvalue weighted by atomic mass is 16.2. The summed E-state index contributed by atoms with van der Waals surface area (Å²) in [5, 5.41) is 3.11. The van der Waals surface area contributed by atoms with E-state index in [0.717, 1.165) is 51.6 Å². The first-order valence-corrected chi connectivity index (χ1v) is 6.83. The van der Waals surface area contributed by atoms with E-state index in [9.17, 15) is 9.59 Å². The number of carbonyl (C=O) groups excluding carboxylic acids is 2. The Morgan fingerprint density at radius 1 is 0.882 bits per heavy atom. The Morgan fingerprint density at radius 2 is 1.47 bits per heavy atom. The Balaban J connectivity index is 1.43. The average molecular weight is 236 g/mol. The first kappa shape index (κ1) is 11.1. The Bertz CT molecular complexity index is 326. The van der Waals surface area contributed by atoms with Crippen LogP contribution in [0.2, 0.25) is 0 Å². The molecule has 3 fully saturated rings. The van der Waals surface area contributed by atoms with Gasteiger partial charge in [-0.1, -0.05) is 0 Å². The van der Waals surface area contributed by atoms with Gasteiger partial charge in [-0.05, 0) is 38.5 Å². The fourth-order valence-corrected chi connectivity index (χ4v) is 2.50. The van der Waals surface area contributed by atoms with Crippen molar-refractivity contribution in [3.05, 3.63) is 0 Å². The minimum Gasteiger partial charge on any atom is -0.353 e. The van der Waals surface area contributed by atoms with E-state index in [-0.39, 0.29) is 5.91 Å². The van der Waals surface area contributed by atoms with Gasteiger partial charge in [-0.25, -0.2) is 0 Å². The molecule has 4 heteroatoms. The van der Waals surface area contributed by atoms with E-state index in [1.807, 2.05) is 4.90 Å². The van der Waals surface area contributed by atoms with Gasteiger partial charge in [0.2, 0.25) is 11.8 Å². The minimum absolute atomic E-state index is 0.233. The van der Waals surface area contributed by atoms with Crippen molar-refractivity contribution >= 4 is 11.8 Å². The molecule has 0 atom stereocenters. The third-order valence-electron chi connectivity index (χ3n) is 4.03. The van der Waals surface area contributed by atoms with Crippen molar-refractivity contribution < 1.29 is 9.59 Å². The van der Waals surface area contributed by atoms with E-state index in [4.69, 9.17) is 0 Å². The number of nitrogens with zero attached hydrogens (tertiary/aromatic N) is 1. The summed E-state index contributed by atoms with van der Waals surface area (Å²) in [4.78, 5) is 25.4. The lowest BCUT2D eigenvalue weighted by atomic mass is 10.0. The fourth-order valence-electron chi connectivity index (χ4n) is 2.50. The van der Waals surface area contributed by atoms with Gasteiger partial charge in [-0.3, -0.25) is 9.59 Å². The Kier molecular flexibility index (Phi) is 2.81. The van der Waals surface area contributed by atoms with Gasteiger partial charge in [0.05, 0.1) is 0 Å². The van der Waals surface area contributed by atoms with Crippen molar-refractivity contribution in [3.63, 3.8) is 0 Å². The van der Waals surface area contributed by atoms with E-state index < -0.39 is 0 Å². The van der Waals surface area contributed by atoms with Gasteiger partial charge in [0.1, 0.15) is 0 Å². The molecule has 0 spiro atoms. The highest BCUT2D eigenvalue weighted by molar-refractivity contribution is 5.82. The van der Waals surface area contributed by atoms with Crippen LogP contribution in [0, 0.1) is 11.8 Å². The van der Waals surface area contributed by atoms with Crippen molar-refractivity contribution in [1.29, 1.82) is 0 Å². The quantitative estimate of drug-likeness (QED) is 0.792. The second kappa shape index (κ2) is 4.31. The molecule has 1 aliphatic heterocycles. The molecule has 0 aromatic heterocycles. The fraction of sp³-hybridized carbons (Fsp3) is 0.846. The summed E-state index contributed by atoms with van der Waals surface area (Å²) in [5.41, 5.74) is 0. The van der Waals surface area contributed by atoms with E-state index >= 15 is 0 Å². The van der Waals surface area contributed by atoms with Gasteiger partial charge >= 0.3 is 0 Å². The van der Waals surface area contributed by atoms with Crippen molar-refractivity contribution in [2.24, 2.45) is 11.8 Å². The van der Waals surface area contributed by atoms with Crippen LogP contribution in [-0.4, -0.2) is 35.8 Å². The normalized spacial score (nSPS) is 25.8. The predicted molar refractivity (Wildman–Crippen MR) is 63.2 cm³/mol. The van der Waals surface area contributed by atoms with Crippen LogP contribution < -0.4 is 5.32 Å². The predicted octanol–water partition coefficient (Wildman–Crippen LogP) is 0.914. The molecule has 3 rings (SSSR count). The molecule has 4 nitrogen and oxygen atoms in total. The number of amides is 2. The smallest absolute Gasteiger partial charge is 0.225 e. The van der Waals surface area contributed by atoms with E-state index in [0.29, 0.717) is 23.8 Å². The zero-order valence-electron chi connectivity index (χ0n) is 10.2. The highest BCUT2D eigenvalue weighted by Crippen LogP contribution is 2.32. The number of hydrogen-bond donors (Lipinski definition) is 1. The molecule has 94 valence electrons. The van der Waals surface area contributed by atoms with Crippen molar-refractivity contribution in [1.82, 2.24) is 10.2 Å². The van der Waals surface area contributed by atoms with Gasteiger partial charge in [0.25, 0.3) is 0 Å². The molecule has 2 saturated carbocycles. The Hall–Kier alpha value is -1.06. The first-order valence-electron chi connectivity index (χ1n) is 6.83. The third-order valence-corrected chi connectivity index (χ3v) is 4.03. The topological polar surface area (TPSA) is 49.4 Å². The molecule has 2 aliphatic carbocycles. The van der Waals surface area contributed by atoms with E-state index in [2.05, 4.69) is 5.32 Å². The Morgan fingerprint density at radius 3 is 2.00 bits per heavy atom. The van der Waals surface area contributed by atoms with E-state index in [1.54, 1.807) is 0 Å². The summed E-state index contributed by atoms with van der Waals surface area (Å²) in [6.07, 6.45) is 6.14. The molecule has 3 aliphatic rings. The molecule has 0 aromatic rings. The van der Waals surface area contributed by atoms with Crippen LogP contribution in [0.15, 0.2) is 0 Å². The maximum atomic E-state index is 11.8. The van der Waals surface area contributed by atoms with Gasteiger partial charge in [-0.2, -0.15) is 0 Å². The molecular formula is C13H20N2O2. The lowest BCUT2D eigenvalue weighted by Gasteiger charge is -2.32. The molecule has 17 heavy (non-hydrogen) atoms. The number of piperidine rings is 1. The van der Waals surface area contributed by atoms with Crippen LogP contribution in [0.25, 0.3) is 0 Å². The van der Waals surface area contributed by atoms with Crippen LogP contribution in [0.1, 0.15) is 38.5 Å². The van der Waals surface area contributed by atoms with Crippen LogP contribution >= 0.6 is 0 Å². The standard InChI is InChI=1S/C13H20N2O2/c16-12(9-1-2-9)14-11-5-7-15(8-6-11)13(17)10-3-4-10/h9-11H,1-8H2,(H,14,16). The summed E-state index contributed by atoms with van der Waals surface area (Å²) in [5.74, 6) is 1.20. The number of rotatable bonds is 3. The Labute approximate surface area is 102 Å².